The van der Waals surface area contributed by atoms with Crippen molar-refractivity contribution in [2.75, 3.05) is 18.4 Å². The standard InChI is InChI=1S/C18H27N3O2S/c1-5-10-21(11-6-2)17(23)14-8-7-9-15(12-14)19-18(24)20-16(22)13(3)4/h7-9,12-13H,5-6,10-11H2,1-4H3,(H2,19,20,22,24). The summed E-state index contributed by atoms with van der Waals surface area (Å²) in [4.78, 5) is 26.1. The summed E-state index contributed by atoms with van der Waals surface area (Å²) in [6, 6.07) is 7.17. The van der Waals surface area contributed by atoms with E-state index in [0.29, 0.717) is 11.3 Å². The van der Waals surface area contributed by atoms with Crippen LogP contribution in [0.1, 0.15) is 50.9 Å². The van der Waals surface area contributed by atoms with Crippen LogP contribution in [0, 0.1) is 5.92 Å². The first-order chi connectivity index (χ1) is 11.4. The summed E-state index contributed by atoms with van der Waals surface area (Å²) in [6.07, 6.45) is 1.85. The van der Waals surface area contributed by atoms with Crippen LogP contribution in [-0.4, -0.2) is 34.9 Å². The highest BCUT2D eigenvalue weighted by Gasteiger charge is 2.15. The molecule has 0 fully saturated rings. The van der Waals surface area contributed by atoms with Crippen molar-refractivity contribution >= 4 is 34.8 Å². The number of carbonyl (C=O) groups is 2. The molecule has 2 amide bonds. The molecule has 0 aromatic heterocycles. The lowest BCUT2D eigenvalue weighted by Crippen LogP contribution is -2.36. The minimum Gasteiger partial charge on any atom is -0.339 e. The zero-order chi connectivity index (χ0) is 18.1. The van der Waals surface area contributed by atoms with E-state index in [1.165, 1.54) is 0 Å². The Morgan fingerprint density at radius 3 is 2.33 bits per heavy atom. The third kappa shape index (κ3) is 6.28. The Balaban J connectivity index is 2.80. The minimum atomic E-state index is -0.144. The van der Waals surface area contributed by atoms with Gasteiger partial charge in [0.25, 0.3) is 5.91 Å². The van der Waals surface area contributed by atoms with Crippen molar-refractivity contribution in [3.8, 4) is 0 Å². The van der Waals surface area contributed by atoms with Crippen LogP contribution >= 0.6 is 12.2 Å². The molecule has 132 valence electrons. The minimum absolute atomic E-state index is 0.0134. The molecule has 1 rings (SSSR count). The molecule has 0 unspecified atom stereocenters. The number of thiocarbonyl (C=S) groups is 1. The maximum absolute atomic E-state index is 12.6. The van der Waals surface area contributed by atoms with Crippen molar-refractivity contribution < 1.29 is 9.59 Å². The fourth-order valence-electron chi connectivity index (χ4n) is 2.19. The van der Waals surface area contributed by atoms with Gasteiger partial charge in [0.1, 0.15) is 0 Å². The molecule has 1 aromatic carbocycles. The molecular formula is C18H27N3O2S. The van der Waals surface area contributed by atoms with Crippen LogP contribution < -0.4 is 10.6 Å². The van der Waals surface area contributed by atoms with Gasteiger partial charge in [-0.05, 0) is 43.3 Å². The zero-order valence-electron chi connectivity index (χ0n) is 14.9. The van der Waals surface area contributed by atoms with E-state index in [4.69, 9.17) is 12.2 Å². The Morgan fingerprint density at radius 2 is 1.79 bits per heavy atom. The van der Waals surface area contributed by atoms with Gasteiger partial charge in [-0.3, -0.25) is 9.59 Å². The summed E-state index contributed by atoms with van der Waals surface area (Å²) in [6.45, 7) is 9.20. The number of rotatable bonds is 7. The Hall–Kier alpha value is -1.95. The number of amides is 2. The fourth-order valence-corrected chi connectivity index (χ4v) is 2.40. The maximum Gasteiger partial charge on any atom is 0.253 e. The van der Waals surface area contributed by atoms with Gasteiger partial charge >= 0.3 is 0 Å². The van der Waals surface area contributed by atoms with Crippen LogP contribution in [-0.2, 0) is 4.79 Å². The van der Waals surface area contributed by atoms with Gasteiger partial charge in [-0.1, -0.05) is 33.8 Å². The third-order valence-electron chi connectivity index (χ3n) is 3.40. The molecule has 24 heavy (non-hydrogen) atoms. The quantitative estimate of drug-likeness (QED) is 0.741. The first-order valence-corrected chi connectivity index (χ1v) is 8.81. The number of hydrogen-bond acceptors (Lipinski definition) is 3. The third-order valence-corrected chi connectivity index (χ3v) is 3.61. The van der Waals surface area contributed by atoms with Crippen molar-refractivity contribution in [3.63, 3.8) is 0 Å². The number of nitrogens with zero attached hydrogens (tertiary/aromatic N) is 1. The average molecular weight is 350 g/mol. The SMILES string of the molecule is CCCN(CCC)C(=O)c1cccc(NC(=S)NC(=O)C(C)C)c1. The van der Waals surface area contributed by atoms with Gasteiger partial charge in [-0.25, -0.2) is 0 Å². The largest absolute Gasteiger partial charge is 0.339 e. The summed E-state index contributed by atoms with van der Waals surface area (Å²) in [5.41, 5.74) is 1.29. The van der Waals surface area contributed by atoms with Gasteiger partial charge in [0.15, 0.2) is 5.11 Å². The average Bonchev–Trinajstić information content (AvgIpc) is 2.54. The van der Waals surface area contributed by atoms with E-state index in [1.54, 1.807) is 32.0 Å². The summed E-state index contributed by atoms with van der Waals surface area (Å²) in [7, 11) is 0. The normalized spacial score (nSPS) is 10.4. The van der Waals surface area contributed by atoms with Crippen molar-refractivity contribution in [2.24, 2.45) is 5.92 Å². The molecule has 6 heteroatoms. The summed E-state index contributed by atoms with van der Waals surface area (Å²) in [5, 5.41) is 5.81. The highest BCUT2D eigenvalue weighted by molar-refractivity contribution is 7.80. The molecule has 5 nitrogen and oxygen atoms in total. The molecule has 2 N–H and O–H groups in total. The second-order valence-electron chi connectivity index (χ2n) is 5.97. The van der Waals surface area contributed by atoms with Gasteiger partial charge in [0, 0.05) is 30.3 Å². The van der Waals surface area contributed by atoms with Gasteiger partial charge in [0.2, 0.25) is 5.91 Å². The molecule has 0 spiro atoms. The molecule has 0 saturated carbocycles. The van der Waals surface area contributed by atoms with Crippen LogP contribution in [0.2, 0.25) is 0 Å². The Morgan fingerprint density at radius 1 is 1.17 bits per heavy atom. The van der Waals surface area contributed by atoms with Gasteiger partial charge in [-0.15, -0.1) is 0 Å². The molecule has 0 aliphatic heterocycles. The number of anilines is 1. The Kier molecular flexibility index (Phi) is 8.40. The van der Waals surface area contributed by atoms with Crippen LogP contribution in [0.4, 0.5) is 5.69 Å². The molecule has 0 radical (unpaired) electrons. The van der Waals surface area contributed by atoms with Crippen molar-refractivity contribution in [3.05, 3.63) is 29.8 Å². The van der Waals surface area contributed by atoms with Gasteiger partial charge < -0.3 is 15.5 Å². The lowest BCUT2D eigenvalue weighted by Gasteiger charge is -2.22. The smallest absolute Gasteiger partial charge is 0.253 e. The van der Waals surface area contributed by atoms with Gasteiger partial charge in [0.05, 0.1) is 0 Å². The second kappa shape index (κ2) is 10.0. The summed E-state index contributed by atoms with van der Waals surface area (Å²) >= 11 is 5.14. The lowest BCUT2D eigenvalue weighted by atomic mass is 10.1. The summed E-state index contributed by atoms with van der Waals surface area (Å²) in [5.74, 6) is -0.273. The highest BCUT2D eigenvalue weighted by atomic mass is 32.1. The van der Waals surface area contributed by atoms with Crippen molar-refractivity contribution in [1.82, 2.24) is 10.2 Å². The van der Waals surface area contributed by atoms with E-state index in [2.05, 4.69) is 24.5 Å². The van der Waals surface area contributed by atoms with E-state index in [1.807, 2.05) is 11.0 Å². The van der Waals surface area contributed by atoms with Crippen LogP contribution in [0.3, 0.4) is 0 Å². The van der Waals surface area contributed by atoms with Crippen molar-refractivity contribution in [1.29, 1.82) is 0 Å². The summed E-state index contributed by atoms with van der Waals surface area (Å²) < 4.78 is 0. The zero-order valence-corrected chi connectivity index (χ0v) is 15.7. The molecule has 0 heterocycles. The molecule has 0 aliphatic carbocycles. The topological polar surface area (TPSA) is 61.4 Å². The highest BCUT2D eigenvalue weighted by Crippen LogP contribution is 2.13. The molecule has 0 atom stereocenters. The lowest BCUT2D eigenvalue weighted by molar-refractivity contribution is -0.122. The van der Waals surface area contributed by atoms with E-state index in [0.717, 1.165) is 25.9 Å². The van der Waals surface area contributed by atoms with E-state index in [9.17, 15) is 9.59 Å². The molecule has 0 bridgehead atoms. The second-order valence-corrected chi connectivity index (χ2v) is 6.38. The van der Waals surface area contributed by atoms with E-state index in [-0.39, 0.29) is 22.8 Å². The predicted molar refractivity (Wildman–Crippen MR) is 102 cm³/mol. The fraction of sp³-hybridized carbons (Fsp3) is 0.500. The van der Waals surface area contributed by atoms with Crippen LogP contribution in [0.5, 0.6) is 0 Å². The van der Waals surface area contributed by atoms with Gasteiger partial charge in [-0.2, -0.15) is 0 Å². The Labute approximate surface area is 149 Å². The maximum atomic E-state index is 12.6. The molecule has 1 aromatic rings. The molecule has 0 saturated heterocycles. The monoisotopic (exact) mass is 349 g/mol. The Bertz CT molecular complexity index is 581. The number of nitrogens with one attached hydrogen (secondary N) is 2. The number of hydrogen-bond donors (Lipinski definition) is 2. The van der Waals surface area contributed by atoms with Crippen LogP contribution in [0.25, 0.3) is 0 Å². The first-order valence-electron chi connectivity index (χ1n) is 8.40. The van der Waals surface area contributed by atoms with Crippen LogP contribution in [0.15, 0.2) is 24.3 Å². The molecule has 0 aliphatic rings. The molecular weight excluding hydrogens is 322 g/mol. The predicted octanol–water partition coefficient (Wildman–Crippen LogP) is 3.42. The van der Waals surface area contributed by atoms with E-state index < -0.39 is 0 Å². The number of carbonyl (C=O) groups excluding carboxylic acids is 2. The van der Waals surface area contributed by atoms with Crippen molar-refractivity contribution in [2.45, 2.75) is 40.5 Å². The first kappa shape index (κ1) is 20.1. The number of benzene rings is 1. The van der Waals surface area contributed by atoms with E-state index >= 15 is 0 Å².